The molecule has 0 spiro atoms. The summed E-state index contributed by atoms with van der Waals surface area (Å²) < 4.78 is 9.66. The highest BCUT2D eigenvalue weighted by atomic mass is 35.5. The summed E-state index contributed by atoms with van der Waals surface area (Å²) in [5.41, 5.74) is 0. The molecule has 1 atom stereocenters. The largest absolute Gasteiger partial charge is 0.464 e. The molecule has 0 aromatic heterocycles. The van der Waals surface area contributed by atoms with E-state index in [1.807, 2.05) is 0 Å². The summed E-state index contributed by atoms with van der Waals surface area (Å²) in [6, 6.07) is 8.45. The molecule has 0 bridgehead atoms. The van der Waals surface area contributed by atoms with Gasteiger partial charge in [-0.15, -0.1) is 0 Å². The number of carbonyl (C=O) groups excluding carboxylic acids is 2. The van der Waals surface area contributed by atoms with Crippen molar-refractivity contribution in [2.75, 3.05) is 6.61 Å². The van der Waals surface area contributed by atoms with Gasteiger partial charge < -0.3 is 9.47 Å². The number of esters is 2. The molecular weight excluding hydrogens is 232 g/mol. The monoisotopic (exact) mass is 240 g/mol. The SMILES string of the molecule is O=C1OCCC1(Cl)C(=O)Oc1ccccc1. The predicted molar refractivity (Wildman–Crippen MR) is 56.2 cm³/mol. The van der Waals surface area contributed by atoms with Crippen molar-refractivity contribution in [3.8, 4) is 5.75 Å². The van der Waals surface area contributed by atoms with Gasteiger partial charge in [0, 0.05) is 6.42 Å². The average molecular weight is 241 g/mol. The molecule has 84 valence electrons. The second-order valence-corrected chi connectivity index (χ2v) is 4.03. The quantitative estimate of drug-likeness (QED) is 0.340. The molecule has 1 aromatic rings. The number of rotatable bonds is 2. The van der Waals surface area contributed by atoms with Gasteiger partial charge in [-0.3, -0.25) is 0 Å². The zero-order valence-corrected chi connectivity index (χ0v) is 9.07. The number of halogens is 1. The summed E-state index contributed by atoms with van der Waals surface area (Å²) in [4.78, 5) is 21.3. The van der Waals surface area contributed by atoms with Gasteiger partial charge in [0.1, 0.15) is 5.75 Å². The number of cyclic esters (lactones) is 1. The van der Waals surface area contributed by atoms with E-state index in [1.54, 1.807) is 30.3 Å². The van der Waals surface area contributed by atoms with Crippen LogP contribution in [0.4, 0.5) is 0 Å². The Kier molecular flexibility index (Phi) is 2.83. The molecule has 16 heavy (non-hydrogen) atoms. The number of para-hydroxylation sites is 1. The van der Waals surface area contributed by atoms with Gasteiger partial charge in [-0.2, -0.15) is 0 Å². The van der Waals surface area contributed by atoms with E-state index in [1.165, 1.54) is 0 Å². The molecule has 1 aliphatic heterocycles. The Bertz CT molecular complexity index is 417. The second-order valence-electron chi connectivity index (χ2n) is 3.39. The van der Waals surface area contributed by atoms with Crippen LogP contribution < -0.4 is 4.74 Å². The van der Waals surface area contributed by atoms with Crippen molar-refractivity contribution in [2.45, 2.75) is 11.3 Å². The highest BCUT2D eigenvalue weighted by Gasteiger charge is 2.51. The molecule has 0 saturated carbocycles. The molecule has 1 saturated heterocycles. The van der Waals surface area contributed by atoms with E-state index in [0.717, 1.165) is 0 Å². The van der Waals surface area contributed by atoms with Crippen LogP contribution in [0.1, 0.15) is 6.42 Å². The van der Waals surface area contributed by atoms with Crippen molar-refractivity contribution in [1.29, 1.82) is 0 Å². The summed E-state index contributed by atoms with van der Waals surface area (Å²) in [6.07, 6.45) is 0.138. The van der Waals surface area contributed by atoms with E-state index in [9.17, 15) is 9.59 Å². The van der Waals surface area contributed by atoms with Crippen LogP contribution in [-0.2, 0) is 14.3 Å². The minimum Gasteiger partial charge on any atom is -0.464 e. The molecule has 1 unspecified atom stereocenters. The molecule has 0 amide bonds. The van der Waals surface area contributed by atoms with E-state index in [2.05, 4.69) is 4.74 Å². The van der Waals surface area contributed by atoms with E-state index in [-0.39, 0.29) is 13.0 Å². The summed E-state index contributed by atoms with van der Waals surface area (Å²) in [5.74, 6) is -1.18. The van der Waals surface area contributed by atoms with Crippen LogP contribution in [0, 0.1) is 0 Å². The smallest absolute Gasteiger partial charge is 0.344 e. The minimum atomic E-state index is -1.68. The standard InChI is InChI=1S/C11H9ClO4/c12-11(6-7-15-9(11)13)10(14)16-8-4-2-1-3-5-8/h1-5H,6-7H2. The fraction of sp³-hybridized carbons (Fsp3) is 0.273. The minimum absolute atomic E-state index is 0.138. The van der Waals surface area contributed by atoms with Crippen LogP contribution in [0.5, 0.6) is 5.75 Å². The Morgan fingerprint density at radius 1 is 1.38 bits per heavy atom. The van der Waals surface area contributed by atoms with Gasteiger partial charge in [0.05, 0.1) is 6.61 Å². The predicted octanol–water partition coefficient (Wildman–Crippen LogP) is 1.52. The fourth-order valence-corrected chi connectivity index (χ4v) is 1.53. The topological polar surface area (TPSA) is 52.6 Å². The maximum absolute atomic E-state index is 11.7. The Morgan fingerprint density at radius 3 is 2.62 bits per heavy atom. The molecule has 0 aliphatic carbocycles. The van der Waals surface area contributed by atoms with E-state index in [0.29, 0.717) is 5.75 Å². The van der Waals surface area contributed by atoms with Gasteiger partial charge in [0.2, 0.25) is 4.87 Å². The number of hydrogen-bond donors (Lipinski definition) is 0. The Hall–Kier alpha value is -1.55. The third-order valence-electron chi connectivity index (χ3n) is 2.28. The van der Waals surface area contributed by atoms with Crippen LogP contribution in [0.3, 0.4) is 0 Å². The lowest BCUT2D eigenvalue weighted by atomic mass is 10.1. The molecule has 1 aliphatic rings. The van der Waals surface area contributed by atoms with Gasteiger partial charge in [-0.1, -0.05) is 29.8 Å². The first-order chi connectivity index (χ1) is 7.63. The second kappa shape index (κ2) is 4.14. The van der Waals surface area contributed by atoms with Crippen molar-refractivity contribution in [3.05, 3.63) is 30.3 Å². The van der Waals surface area contributed by atoms with Crippen molar-refractivity contribution in [3.63, 3.8) is 0 Å². The first kappa shape index (κ1) is 11.0. The normalized spacial score (nSPS) is 23.9. The summed E-state index contributed by atoms with van der Waals surface area (Å²) in [6.45, 7) is 0.145. The third-order valence-corrected chi connectivity index (χ3v) is 2.78. The van der Waals surface area contributed by atoms with Crippen molar-refractivity contribution >= 4 is 23.5 Å². The van der Waals surface area contributed by atoms with Crippen molar-refractivity contribution in [1.82, 2.24) is 0 Å². The fourth-order valence-electron chi connectivity index (χ4n) is 1.36. The van der Waals surface area contributed by atoms with E-state index >= 15 is 0 Å². The average Bonchev–Trinajstić information content (AvgIpc) is 2.62. The molecule has 1 aromatic carbocycles. The molecule has 5 heteroatoms. The molecule has 0 N–H and O–H groups in total. The molecular formula is C11H9ClO4. The maximum atomic E-state index is 11.7. The summed E-state index contributed by atoms with van der Waals surface area (Å²) in [5, 5.41) is 0. The summed E-state index contributed by atoms with van der Waals surface area (Å²) in [7, 11) is 0. The first-order valence-electron chi connectivity index (χ1n) is 4.76. The maximum Gasteiger partial charge on any atom is 0.344 e. The summed E-state index contributed by atoms with van der Waals surface area (Å²) >= 11 is 5.87. The highest BCUT2D eigenvalue weighted by molar-refractivity contribution is 6.45. The Balaban J connectivity index is 2.12. The van der Waals surface area contributed by atoms with Gasteiger partial charge in [-0.25, -0.2) is 9.59 Å². The first-order valence-corrected chi connectivity index (χ1v) is 5.14. The number of carbonyl (C=O) groups is 2. The van der Waals surface area contributed by atoms with Crippen LogP contribution in [0.2, 0.25) is 0 Å². The zero-order chi connectivity index (χ0) is 11.6. The van der Waals surface area contributed by atoms with Crippen molar-refractivity contribution < 1.29 is 19.1 Å². The van der Waals surface area contributed by atoms with Crippen LogP contribution >= 0.6 is 11.6 Å². The van der Waals surface area contributed by atoms with Crippen LogP contribution in [0.25, 0.3) is 0 Å². The van der Waals surface area contributed by atoms with Crippen LogP contribution in [-0.4, -0.2) is 23.4 Å². The van der Waals surface area contributed by atoms with E-state index < -0.39 is 16.8 Å². The van der Waals surface area contributed by atoms with Gasteiger partial charge in [0.15, 0.2) is 0 Å². The van der Waals surface area contributed by atoms with Gasteiger partial charge in [-0.05, 0) is 12.1 Å². The highest BCUT2D eigenvalue weighted by Crippen LogP contribution is 2.29. The lowest BCUT2D eigenvalue weighted by Crippen LogP contribution is -2.40. The Morgan fingerprint density at radius 2 is 2.06 bits per heavy atom. The molecule has 1 fully saturated rings. The molecule has 1 heterocycles. The number of ether oxygens (including phenoxy) is 2. The lowest BCUT2D eigenvalue weighted by molar-refractivity contribution is -0.148. The zero-order valence-electron chi connectivity index (χ0n) is 8.31. The molecule has 0 radical (unpaired) electrons. The lowest BCUT2D eigenvalue weighted by Gasteiger charge is -2.14. The number of hydrogen-bond acceptors (Lipinski definition) is 4. The molecule has 2 rings (SSSR count). The molecule has 4 nitrogen and oxygen atoms in total. The number of benzene rings is 1. The van der Waals surface area contributed by atoms with E-state index in [4.69, 9.17) is 16.3 Å². The van der Waals surface area contributed by atoms with Gasteiger partial charge >= 0.3 is 11.9 Å². The van der Waals surface area contributed by atoms with Gasteiger partial charge in [0.25, 0.3) is 0 Å². The Labute approximate surface area is 97.1 Å². The van der Waals surface area contributed by atoms with Crippen molar-refractivity contribution in [2.24, 2.45) is 0 Å². The third kappa shape index (κ3) is 1.88. The number of alkyl halides is 1. The van der Waals surface area contributed by atoms with Crippen LogP contribution in [0.15, 0.2) is 30.3 Å².